The van der Waals surface area contributed by atoms with Gasteiger partial charge in [-0.25, -0.2) is 4.79 Å². The third-order valence-electron chi connectivity index (χ3n) is 5.98. The molecule has 0 saturated carbocycles. The van der Waals surface area contributed by atoms with E-state index in [9.17, 15) is 29.4 Å². The third-order valence-corrected chi connectivity index (χ3v) is 5.98. The van der Waals surface area contributed by atoms with Gasteiger partial charge in [0.25, 0.3) is 0 Å². The molecule has 0 aliphatic heterocycles. The normalized spacial score (nSPS) is 16.4. The summed E-state index contributed by atoms with van der Waals surface area (Å²) in [5.74, 6) is -3.68. The Balaban J connectivity index is 2.34. The Morgan fingerprint density at radius 1 is 0.971 bits per heavy atom. The lowest BCUT2D eigenvalue weighted by atomic mass is 9.98. The molecule has 1 aromatic heterocycles. The van der Waals surface area contributed by atoms with E-state index in [0.717, 1.165) is 16.5 Å². The number of carboxylic acid groups (broad SMARTS) is 1. The van der Waals surface area contributed by atoms with Crippen LogP contribution in [-0.4, -0.2) is 69.2 Å². The van der Waals surface area contributed by atoms with E-state index in [1.54, 1.807) is 13.1 Å². The Labute approximate surface area is 203 Å². The van der Waals surface area contributed by atoms with Crippen molar-refractivity contribution in [2.75, 3.05) is 0 Å². The molecule has 2 aromatic rings. The number of aliphatic hydroxyl groups is 1. The highest BCUT2D eigenvalue weighted by Crippen LogP contribution is 2.19. The number of fused-ring (bicyclic) bond motifs is 1. The van der Waals surface area contributed by atoms with E-state index in [-0.39, 0.29) is 12.3 Å². The van der Waals surface area contributed by atoms with Crippen LogP contribution in [0, 0.1) is 5.92 Å². The van der Waals surface area contributed by atoms with Crippen LogP contribution in [-0.2, 0) is 25.6 Å². The van der Waals surface area contributed by atoms with E-state index in [4.69, 9.17) is 5.73 Å². The average molecular weight is 490 g/mol. The van der Waals surface area contributed by atoms with Crippen LogP contribution in [0.1, 0.15) is 39.7 Å². The topological polar surface area (TPSA) is 187 Å². The quantitative estimate of drug-likeness (QED) is 0.219. The fourth-order valence-corrected chi connectivity index (χ4v) is 3.62. The second-order valence-electron chi connectivity index (χ2n) is 8.85. The predicted molar refractivity (Wildman–Crippen MR) is 130 cm³/mol. The molecule has 11 nitrogen and oxygen atoms in total. The Hall–Kier alpha value is -3.44. The van der Waals surface area contributed by atoms with E-state index >= 15 is 0 Å². The summed E-state index contributed by atoms with van der Waals surface area (Å²) < 4.78 is 0. The molecule has 0 bridgehead atoms. The van der Waals surface area contributed by atoms with Crippen LogP contribution >= 0.6 is 0 Å². The summed E-state index contributed by atoms with van der Waals surface area (Å²) in [4.78, 5) is 53.2. The van der Waals surface area contributed by atoms with Gasteiger partial charge in [0.05, 0.1) is 12.1 Å². The molecular formula is C24H35N5O6. The lowest BCUT2D eigenvalue weighted by Crippen LogP contribution is -2.60. The SMILES string of the molecule is CCC(C)C(NC(=O)C(Cc1c[nH]c2ccccc12)NC(=O)C(NC(=O)C(C)N)C(C)O)C(=O)O. The van der Waals surface area contributed by atoms with E-state index in [1.807, 2.05) is 31.2 Å². The number of H-pyrrole nitrogens is 1. The minimum absolute atomic E-state index is 0.0438. The van der Waals surface area contributed by atoms with Crippen LogP contribution in [0.3, 0.4) is 0 Å². The summed E-state index contributed by atoms with van der Waals surface area (Å²) in [5.41, 5.74) is 7.12. The maximum absolute atomic E-state index is 13.2. The number of aromatic amines is 1. The van der Waals surface area contributed by atoms with Crippen molar-refractivity contribution in [2.24, 2.45) is 11.7 Å². The van der Waals surface area contributed by atoms with Crippen molar-refractivity contribution < 1.29 is 29.4 Å². The lowest BCUT2D eigenvalue weighted by molar-refractivity contribution is -0.144. The first-order chi connectivity index (χ1) is 16.5. The smallest absolute Gasteiger partial charge is 0.326 e. The van der Waals surface area contributed by atoms with Gasteiger partial charge in [0.15, 0.2) is 0 Å². The fraction of sp³-hybridized carbons (Fsp3) is 0.500. The van der Waals surface area contributed by atoms with Crippen molar-refractivity contribution in [2.45, 2.75) is 70.8 Å². The maximum Gasteiger partial charge on any atom is 0.326 e. The zero-order chi connectivity index (χ0) is 26.3. The highest BCUT2D eigenvalue weighted by Gasteiger charge is 2.33. The zero-order valence-corrected chi connectivity index (χ0v) is 20.4. The second kappa shape index (κ2) is 12.3. The van der Waals surface area contributed by atoms with Gasteiger partial charge in [0.1, 0.15) is 18.1 Å². The Kier molecular flexibility index (Phi) is 9.78. The number of carbonyl (C=O) groups is 4. The van der Waals surface area contributed by atoms with Crippen molar-refractivity contribution in [3.05, 3.63) is 36.0 Å². The van der Waals surface area contributed by atoms with Gasteiger partial charge in [-0.1, -0.05) is 38.5 Å². The van der Waals surface area contributed by atoms with Gasteiger partial charge in [-0.05, 0) is 31.4 Å². The number of para-hydroxylation sites is 1. The Bertz CT molecular complexity index is 1050. The van der Waals surface area contributed by atoms with E-state index in [2.05, 4.69) is 20.9 Å². The monoisotopic (exact) mass is 489 g/mol. The van der Waals surface area contributed by atoms with Crippen molar-refractivity contribution >= 4 is 34.6 Å². The summed E-state index contributed by atoms with van der Waals surface area (Å²) in [5, 5.41) is 28.0. The lowest BCUT2D eigenvalue weighted by Gasteiger charge is -2.27. The van der Waals surface area contributed by atoms with Gasteiger partial charge < -0.3 is 36.9 Å². The van der Waals surface area contributed by atoms with Crippen molar-refractivity contribution in [1.29, 1.82) is 0 Å². The first-order valence-electron chi connectivity index (χ1n) is 11.6. The van der Waals surface area contributed by atoms with Crippen molar-refractivity contribution in [3.8, 4) is 0 Å². The number of carbonyl (C=O) groups excluding carboxylic acids is 3. The number of benzene rings is 1. The predicted octanol–water partition coefficient (Wildman–Crippen LogP) is 0.0235. The number of amides is 3. The zero-order valence-electron chi connectivity index (χ0n) is 20.4. The van der Waals surface area contributed by atoms with Gasteiger partial charge in [-0.15, -0.1) is 0 Å². The van der Waals surface area contributed by atoms with Gasteiger partial charge >= 0.3 is 5.97 Å². The number of carboxylic acids is 1. The van der Waals surface area contributed by atoms with Crippen molar-refractivity contribution in [1.82, 2.24) is 20.9 Å². The van der Waals surface area contributed by atoms with Crippen LogP contribution in [0.15, 0.2) is 30.5 Å². The molecule has 0 radical (unpaired) electrons. The summed E-state index contributed by atoms with van der Waals surface area (Å²) in [7, 11) is 0. The number of nitrogens with two attached hydrogens (primary N) is 1. The number of aliphatic carboxylic acids is 1. The van der Waals surface area contributed by atoms with Gasteiger partial charge in [-0.3, -0.25) is 14.4 Å². The molecule has 0 spiro atoms. The van der Waals surface area contributed by atoms with Crippen molar-refractivity contribution in [3.63, 3.8) is 0 Å². The van der Waals surface area contributed by atoms with Crippen LogP contribution in [0.5, 0.6) is 0 Å². The summed E-state index contributed by atoms with van der Waals surface area (Å²) in [6.45, 7) is 6.27. The third kappa shape index (κ3) is 7.27. The van der Waals surface area contributed by atoms with Gasteiger partial charge in [0, 0.05) is 23.5 Å². The molecule has 0 saturated heterocycles. The molecule has 1 aromatic carbocycles. The van der Waals surface area contributed by atoms with E-state index < -0.39 is 54.0 Å². The largest absolute Gasteiger partial charge is 0.480 e. The van der Waals surface area contributed by atoms with Gasteiger partial charge in [-0.2, -0.15) is 0 Å². The molecule has 2 rings (SSSR count). The number of nitrogens with one attached hydrogen (secondary N) is 4. The van der Waals surface area contributed by atoms with Crippen LogP contribution in [0.2, 0.25) is 0 Å². The average Bonchev–Trinajstić information content (AvgIpc) is 3.21. The van der Waals surface area contributed by atoms with Crippen LogP contribution in [0.4, 0.5) is 0 Å². The number of rotatable bonds is 12. The first-order valence-corrected chi connectivity index (χ1v) is 11.6. The molecule has 11 heteroatoms. The molecule has 6 unspecified atom stereocenters. The van der Waals surface area contributed by atoms with Gasteiger partial charge in [0.2, 0.25) is 17.7 Å². The summed E-state index contributed by atoms with van der Waals surface area (Å²) in [6, 6.07) is 2.80. The molecule has 1 heterocycles. The summed E-state index contributed by atoms with van der Waals surface area (Å²) >= 11 is 0. The number of hydrogen-bond donors (Lipinski definition) is 7. The highest BCUT2D eigenvalue weighted by atomic mass is 16.4. The number of aliphatic hydroxyl groups excluding tert-OH is 1. The summed E-state index contributed by atoms with van der Waals surface area (Å²) in [6.07, 6.45) is 0.998. The molecule has 192 valence electrons. The molecule has 0 aliphatic carbocycles. The maximum atomic E-state index is 13.2. The molecule has 0 fully saturated rings. The van der Waals surface area contributed by atoms with E-state index in [0.29, 0.717) is 6.42 Å². The molecular weight excluding hydrogens is 454 g/mol. The second-order valence-corrected chi connectivity index (χ2v) is 8.85. The Morgan fingerprint density at radius 3 is 2.17 bits per heavy atom. The van der Waals surface area contributed by atoms with E-state index in [1.165, 1.54) is 13.8 Å². The molecule has 8 N–H and O–H groups in total. The minimum Gasteiger partial charge on any atom is -0.480 e. The first kappa shape index (κ1) is 27.8. The molecule has 35 heavy (non-hydrogen) atoms. The number of hydrogen-bond acceptors (Lipinski definition) is 6. The fourth-order valence-electron chi connectivity index (χ4n) is 3.62. The molecule has 3 amide bonds. The standard InChI is InChI=1S/C24H35N5O6/c1-5-12(2)19(24(34)35)28-22(32)18(10-15-11-26-17-9-7-6-8-16(15)17)27-23(33)20(14(4)30)29-21(31)13(3)25/h6-9,11-14,18-20,26,30H,5,10,25H2,1-4H3,(H,27,33)(H,28,32)(H,29,31)(H,34,35). The Morgan fingerprint density at radius 2 is 1.60 bits per heavy atom. The van der Waals surface area contributed by atoms with Crippen LogP contribution in [0.25, 0.3) is 10.9 Å². The molecule has 0 aliphatic rings. The minimum atomic E-state index is -1.36. The molecule has 6 atom stereocenters. The van der Waals surface area contributed by atoms with Crippen LogP contribution < -0.4 is 21.7 Å². The number of aromatic nitrogens is 1. The highest BCUT2D eigenvalue weighted by molar-refractivity contribution is 5.95.